The van der Waals surface area contributed by atoms with Crippen molar-refractivity contribution in [2.75, 3.05) is 39.3 Å². The van der Waals surface area contributed by atoms with Gasteiger partial charge in [0.05, 0.1) is 0 Å². The topological polar surface area (TPSA) is 111 Å². The van der Waals surface area contributed by atoms with E-state index in [1.54, 1.807) is 0 Å². The lowest BCUT2D eigenvalue weighted by Gasteiger charge is -2.40. The molecule has 9 nitrogen and oxygen atoms in total. The van der Waals surface area contributed by atoms with Crippen molar-refractivity contribution in [3.8, 4) is 0 Å². The molecule has 0 bridgehead atoms. The second kappa shape index (κ2) is 5.20. The van der Waals surface area contributed by atoms with E-state index in [0.29, 0.717) is 45.6 Å². The van der Waals surface area contributed by atoms with Gasteiger partial charge >= 0.3 is 6.03 Å². The predicted octanol–water partition coefficient (Wildman–Crippen LogP) is -2.19. The number of carbonyl (C=O) groups is 2. The van der Waals surface area contributed by atoms with Crippen LogP contribution < -0.4 is 16.0 Å². The molecule has 1 unspecified atom stereocenters. The molecule has 1 atom stereocenters. The van der Waals surface area contributed by atoms with E-state index in [2.05, 4.69) is 16.0 Å². The highest BCUT2D eigenvalue weighted by Gasteiger charge is 2.51. The Kier molecular flexibility index (Phi) is 3.64. The fourth-order valence-electron chi connectivity index (χ4n) is 3.07. The fourth-order valence-corrected chi connectivity index (χ4v) is 4.78. The minimum atomic E-state index is -3.59. The third kappa shape index (κ3) is 2.52. The maximum Gasteiger partial charge on any atom is 0.322 e. The third-order valence-corrected chi connectivity index (χ3v) is 6.18. The first-order valence-electron chi connectivity index (χ1n) is 7.04. The maximum atomic E-state index is 12.6. The first-order chi connectivity index (χ1) is 9.94. The lowest BCUT2D eigenvalue weighted by molar-refractivity contribution is -0.125. The average Bonchev–Trinajstić information content (AvgIpc) is 2.73. The number of nitrogens with one attached hydrogen (secondary N) is 3. The van der Waals surface area contributed by atoms with Crippen LogP contribution in [-0.4, -0.2) is 73.8 Å². The lowest BCUT2D eigenvalue weighted by atomic mass is 9.90. The van der Waals surface area contributed by atoms with Crippen LogP contribution in [-0.2, 0) is 15.0 Å². The van der Waals surface area contributed by atoms with Crippen molar-refractivity contribution in [3.63, 3.8) is 0 Å². The van der Waals surface area contributed by atoms with Crippen LogP contribution in [0.2, 0.25) is 0 Å². The molecule has 0 aliphatic carbocycles. The summed E-state index contributed by atoms with van der Waals surface area (Å²) < 4.78 is 28.0. The van der Waals surface area contributed by atoms with Gasteiger partial charge in [0, 0.05) is 39.3 Å². The minimum absolute atomic E-state index is 0.00314. The van der Waals surface area contributed by atoms with Gasteiger partial charge in [-0.05, 0) is 12.8 Å². The number of hydrogen-bond acceptors (Lipinski definition) is 5. The van der Waals surface area contributed by atoms with Gasteiger partial charge in [0.1, 0.15) is 5.54 Å². The average molecular weight is 317 g/mol. The number of carbonyl (C=O) groups excluding carboxylic acids is 2. The number of imide groups is 1. The molecule has 118 valence electrons. The number of nitrogens with zero attached hydrogens (tertiary/aromatic N) is 2. The molecular weight excluding hydrogens is 298 g/mol. The smallest absolute Gasteiger partial charge is 0.322 e. The van der Waals surface area contributed by atoms with E-state index in [4.69, 9.17) is 0 Å². The molecule has 1 spiro atoms. The number of hydrogen-bond donors (Lipinski definition) is 3. The molecule has 0 radical (unpaired) electrons. The van der Waals surface area contributed by atoms with E-state index in [1.807, 2.05) is 0 Å². The van der Waals surface area contributed by atoms with Gasteiger partial charge < -0.3 is 10.6 Å². The molecule has 3 fully saturated rings. The number of piperidine rings is 1. The van der Waals surface area contributed by atoms with Crippen molar-refractivity contribution in [1.29, 1.82) is 0 Å². The van der Waals surface area contributed by atoms with E-state index < -0.39 is 27.7 Å². The minimum Gasteiger partial charge on any atom is -0.322 e. The summed E-state index contributed by atoms with van der Waals surface area (Å²) in [6, 6.07) is -0.554. The van der Waals surface area contributed by atoms with Crippen LogP contribution in [0.15, 0.2) is 0 Å². The zero-order valence-electron chi connectivity index (χ0n) is 11.6. The number of rotatable bonds is 2. The molecule has 10 heteroatoms. The molecule has 0 aromatic carbocycles. The van der Waals surface area contributed by atoms with Crippen LogP contribution in [0.1, 0.15) is 12.8 Å². The Bertz CT molecular complexity index is 559. The molecule has 3 saturated heterocycles. The molecule has 21 heavy (non-hydrogen) atoms. The van der Waals surface area contributed by atoms with E-state index in [1.165, 1.54) is 8.61 Å². The van der Waals surface area contributed by atoms with Crippen LogP contribution in [0.25, 0.3) is 0 Å². The number of piperazine rings is 1. The monoisotopic (exact) mass is 317 g/mol. The highest BCUT2D eigenvalue weighted by atomic mass is 32.2. The van der Waals surface area contributed by atoms with Crippen molar-refractivity contribution in [3.05, 3.63) is 0 Å². The first kappa shape index (κ1) is 14.7. The Hall–Kier alpha value is -1.23. The standard InChI is InChI=1S/C11H19N5O4S/c17-9-11(14-10(18)13-9)2-1-5-16(8-11)21(19,20)15-6-3-12-4-7-15/h12H,1-8H2,(H2,13,14,17,18). The zero-order chi connectivity index (χ0) is 15.1. The Balaban J connectivity index is 1.79. The summed E-state index contributed by atoms with van der Waals surface area (Å²) in [6.45, 7) is 2.45. The molecule has 3 aliphatic rings. The van der Waals surface area contributed by atoms with Crippen LogP contribution in [0.3, 0.4) is 0 Å². The molecule has 3 heterocycles. The van der Waals surface area contributed by atoms with Crippen LogP contribution in [0.4, 0.5) is 4.79 Å². The van der Waals surface area contributed by atoms with Gasteiger partial charge in [-0.3, -0.25) is 10.1 Å². The molecule has 0 aromatic rings. The van der Waals surface area contributed by atoms with E-state index in [0.717, 1.165) is 0 Å². The van der Waals surface area contributed by atoms with Gasteiger partial charge in [-0.15, -0.1) is 0 Å². The van der Waals surface area contributed by atoms with Gasteiger partial charge in [-0.1, -0.05) is 0 Å². The van der Waals surface area contributed by atoms with Crippen molar-refractivity contribution in [1.82, 2.24) is 24.6 Å². The van der Waals surface area contributed by atoms with Crippen molar-refractivity contribution in [2.45, 2.75) is 18.4 Å². The Morgan fingerprint density at radius 1 is 1.05 bits per heavy atom. The summed E-state index contributed by atoms with van der Waals surface area (Å²) in [7, 11) is -3.59. The lowest BCUT2D eigenvalue weighted by Crippen LogP contribution is -2.62. The quantitative estimate of drug-likeness (QED) is 0.501. The summed E-state index contributed by atoms with van der Waals surface area (Å²) in [6.07, 6.45) is 0.997. The first-order valence-corrected chi connectivity index (χ1v) is 8.43. The highest BCUT2D eigenvalue weighted by molar-refractivity contribution is 7.86. The van der Waals surface area contributed by atoms with Gasteiger partial charge in [-0.25, -0.2) is 4.79 Å². The highest BCUT2D eigenvalue weighted by Crippen LogP contribution is 2.27. The second-order valence-electron chi connectivity index (χ2n) is 5.58. The van der Waals surface area contributed by atoms with Crippen molar-refractivity contribution < 1.29 is 18.0 Å². The van der Waals surface area contributed by atoms with Crippen LogP contribution >= 0.6 is 0 Å². The molecule has 3 N–H and O–H groups in total. The zero-order valence-corrected chi connectivity index (χ0v) is 12.4. The largest absolute Gasteiger partial charge is 0.322 e. The second-order valence-corrected chi connectivity index (χ2v) is 7.51. The van der Waals surface area contributed by atoms with E-state index in [-0.39, 0.29) is 6.54 Å². The summed E-state index contributed by atoms with van der Waals surface area (Å²) >= 11 is 0. The third-order valence-electron chi connectivity index (χ3n) is 4.20. The fraction of sp³-hybridized carbons (Fsp3) is 0.818. The Labute approximate surface area is 123 Å². The molecule has 0 aromatic heterocycles. The molecule has 3 amide bonds. The van der Waals surface area contributed by atoms with E-state index >= 15 is 0 Å². The maximum absolute atomic E-state index is 12.6. The van der Waals surface area contributed by atoms with Gasteiger partial charge in [0.2, 0.25) is 0 Å². The van der Waals surface area contributed by atoms with Crippen molar-refractivity contribution >= 4 is 22.1 Å². The van der Waals surface area contributed by atoms with Crippen molar-refractivity contribution in [2.24, 2.45) is 0 Å². The van der Waals surface area contributed by atoms with Crippen LogP contribution in [0.5, 0.6) is 0 Å². The van der Waals surface area contributed by atoms with Gasteiger partial charge in [-0.2, -0.15) is 17.0 Å². The Morgan fingerprint density at radius 2 is 1.76 bits per heavy atom. The van der Waals surface area contributed by atoms with Gasteiger partial charge in [0.15, 0.2) is 0 Å². The van der Waals surface area contributed by atoms with Gasteiger partial charge in [0.25, 0.3) is 16.1 Å². The summed E-state index contributed by atoms with van der Waals surface area (Å²) in [5.74, 6) is -0.437. The molecule has 0 saturated carbocycles. The normalized spacial score (nSPS) is 32.2. The SMILES string of the molecule is O=C1NC(=O)C2(CCCN(S(=O)(=O)N3CCNCC3)C2)N1. The number of amides is 3. The summed E-state index contributed by atoms with van der Waals surface area (Å²) in [5.41, 5.74) is -1.11. The number of urea groups is 1. The summed E-state index contributed by atoms with van der Waals surface area (Å²) in [5, 5.41) is 7.89. The molecular formula is C11H19N5O4S. The van der Waals surface area contributed by atoms with Crippen LogP contribution in [0, 0.1) is 0 Å². The predicted molar refractivity (Wildman–Crippen MR) is 73.6 cm³/mol. The molecule has 3 rings (SSSR count). The molecule has 3 aliphatic heterocycles. The summed E-state index contributed by atoms with van der Waals surface area (Å²) in [4.78, 5) is 23.3. The Morgan fingerprint density at radius 3 is 2.38 bits per heavy atom. The van der Waals surface area contributed by atoms with E-state index in [9.17, 15) is 18.0 Å².